The molecule has 6 heteroatoms. The molecule has 1 aromatic carbocycles. The summed E-state index contributed by atoms with van der Waals surface area (Å²) in [4.78, 5) is 8.16. The SMILES string of the molecule is CCCc1nc(N)cc(Oc2cc(F)cc(F)c2)n1. The monoisotopic (exact) mass is 265 g/mol. The number of ether oxygens (including phenoxy) is 1. The van der Waals surface area contributed by atoms with E-state index in [4.69, 9.17) is 10.5 Å². The van der Waals surface area contributed by atoms with Crippen LogP contribution in [0.3, 0.4) is 0 Å². The van der Waals surface area contributed by atoms with Crippen LogP contribution in [0.1, 0.15) is 19.2 Å². The average molecular weight is 265 g/mol. The number of hydrogen-bond donors (Lipinski definition) is 1. The number of nitrogens with zero attached hydrogens (tertiary/aromatic N) is 2. The Morgan fingerprint density at radius 1 is 1.11 bits per heavy atom. The molecule has 2 N–H and O–H groups in total. The van der Waals surface area contributed by atoms with Crippen LogP contribution in [0.5, 0.6) is 11.6 Å². The van der Waals surface area contributed by atoms with Crippen molar-refractivity contribution in [2.45, 2.75) is 19.8 Å². The number of rotatable bonds is 4. The number of anilines is 1. The third kappa shape index (κ3) is 3.61. The highest BCUT2D eigenvalue weighted by molar-refractivity contribution is 5.36. The number of halogens is 2. The van der Waals surface area contributed by atoms with Crippen molar-refractivity contribution in [1.29, 1.82) is 0 Å². The van der Waals surface area contributed by atoms with Crippen molar-refractivity contribution in [2.24, 2.45) is 0 Å². The standard InChI is InChI=1S/C13H13F2N3O/c1-2-3-12-17-11(16)7-13(18-12)19-10-5-8(14)4-9(15)6-10/h4-7H,2-3H2,1H3,(H2,16,17,18). The van der Waals surface area contributed by atoms with Gasteiger partial charge in [-0.2, -0.15) is 4.98 Å². The summed E-state index contributed by atoms with van der Waals surface area (Å²) in [7, 11) is 0. The lowest BCUT2D eigenvalue weighted by Crippen LogP contribution is -2.01. The number of nitrogen functional groups attached to an aromatic ring is 1. The van der Waals surface area contributed by atoms with Crippen LogP contribution in [0, 0.1) is 11.6 Å². The molecule has 2 rings (SSSR count). The maximum Gasteiger partial charge on any atom is 0.224 e. The highest BCUT2D eigenvalue weighted by Crippen LogP contribution is 2.23. The first-order valence-electron chi connectivity index (χ1n) is 5.84. The largest absolute Gasteiger partial charge is 0.439 e. The predicted octanol–water partition coefficient (Wildman–Crippen LogP) is 3.08. The summed E-state index contributed by atoms with van der Waals surface area (Å²) in [5.41, 5.74) is 5.62. The van der Waals surface area contributed by atoms with E-state index in [0.717, 1.165) is 24.6 Å². The Labute approximate surface area is 109 Å². The fourth-order valence-corrected chi connectivity index (χ4v) is 1.59. The van der Waals surface area contributed by atoms with Gasteiger partial charge in [0.25, 0.3) is 0 Å². The molecule has 1 heterocycles. The molecule has 0 unspecified atom stereocenters. The van der Waals surface area contributed by atoms with E-state index in [1.807, 2.05) is 6.92 Å². The number of benzene rings is 1. The van der Waals surface area contributed by atoms with Crippen molar-refractivity contribution >= 4 is 5.82 Å². The number of aromatic nitrogens is 2. The summed E-state index contributed by atoms with van der Waals surface area (Å²) in [6, 6.07) is 4.31. The highest BCUT2D eigenvalue weighted by Gasteiger charge is 2.07. The number of hydrogen-bond acceptors (Lipinski definition) is 4. The second-order valence-corrected chi connectivity index (χ2v) is 4.00. The predicted molar refractivity (Wildman–Crippen MR) is 66.9 cm³/mol. The Kier molecular flexibility index (Phi) is 3.89. The van der Waals surface area contributed by atoms with E-state index in [1.165, 1.54) is 6.07 Å². The molecule has 19 heavy (non-hydrogen) atoms. The fraction of sp³-hybridized carbons (Fsp3) is 0.231. The second-order valence-electron chi connectivity index (χ2n) is 4.00. The summed E-state index contributed by atoms with van der Waals surface area (Å²) in [6.45, 7) is 1.98. The molecule has 0 saturated carbocycles. The van der Waals surface area contributed by atoms with Gasteiger partial charge in [-0.1, -0.05) is 6.92 Å². The summed E-state index contributed by atoms with van der Waals surface area (Å²) >= 11 is 0. The molecule has 0 aliphatic heterocycles. The summed E-state index contributed by atoms with van der Waals surface area (Å²) in [6.07, 6.45) is 1.51. The van der Waals surface area contributed by atoms with Gasteiger partial charge >= 0.3 is 0 Å². The van der Waals surface area contributed by atoms with Gasteiger partial charge in [-0.05, 0) is 6.42 Å². The Morgan fingerprint density at radius 3 is 2.42 bits per heavy atom. The molecule has 0 fully saturated rings. The van der Waals surface area contributed by atoms with Gasteiger partial charge in [0.1, 0.15) is 29.0 Å². The minimum Gasteiger partial charge on any atom is -0.439 e. The maximum atomic E-state index is 13.0. The summed E-state index contributed by atoms with van der Waals surface area (Å²) in [5, 5.41) is 0. The lowest BCUT2D eigenvalue weighted by Gasteiger charge is -2.07. The van der Waals surface area contributed by atoms with Crippen LogP contribution in [0.4, 0.5) is 14.6 Å². The molecule has 0 atom stereocenters. The van der Waals surface area contributed by atoms with Crippen LogP contribution in [0.25, 0.3) is 0 Å². The van der Waals surface area contributed by atoms with Gasteiger partial charge < -0.3 is 10.5 Å². The van der Waals surface area contributed by atoms with Crippen molar-refractivity contribution in [3.05, 3.63) is 41.7 Å². The molecular weight excluding hydrogens is 252 g/mol. The van der Waals surface area contributed by atoms with E-state index in [0.29, 0.717) is 12.2 Å². The lowest BCUT2D eigenvalue weighted by atomic mass is 10.3. The zero-order chi connectivity index (χ0) is 13.8. The number of nitrogens with two attached hydrogens (primary N) is 1. The summed E-state index contributed by atoms with van der Waals surface area (Å²) in [5.74, 6) is -0.449. The zero-order valence-corrected chi connectivity index (χ0v) is 10.4. The van der Waals surface area contributed by atoms with Crippen molar-refractivity contribution < 1.29 is 13.5 Å². The molecule has 0 bridgehead atoms. The first-order valence-corrected chi connectivity index (χ1v) is 5.84. The molecule has 4 nitrogen and oxygen atoms in total. The van der Waals surface area contributed by atoms with E-state index < -0.39 is 11.6 Å². The lowest BCUT2D eigenvalue weighted by molar-refractivity contribution is 0.448. The van der Waals surface area contributed by atoms with E-state index in [1.54, 1.807) is 0 Å². The van der Waals surface area contributed by atoms with Crippen LogP contribution in [-0.2, 0) is 6.42 Å². The van der Waals surface area contributed by atoms with E-state index >= 15 is 0 Å². The van der Waals surface area contributed by atoms with Crippen LogP contribution >= 0.6 is 0 Å². The van der Waals surface area contributed by atoms with Crippen molar-refractivity contribution in [2.75, 3.05) is 5.73 Å². The molecule has 0 amide bonds. The van der Waals surface area contributed by atoms with Gasteiger partial charge in [0.05, 0.1) is 0 Å². The van der Waals surface area contributed by atoms with Crippen LogP contribution < -0.4 is 10.5 Å². The smallest absolute Gasteiger partial charge is 0.224 e. The Bertz CT molecular complexity index is 570. The zero-order valence-electron chi connectivity index (χ0n) is 10.4. The topological polar surface area (TPSA) is 61.0 Å². The van der Waals surface area contributed by atoms with Gasteiger partial charge in [-0.3, -0.25) is 0 Å². The molecule has 100 valence electrons. The van der Waals surface area contributed by atoms with Crippen molar-refractivity contribution in [3.8, 4) is 11.6 Å². The van der Waals surface area contributed by atoms with Crippen LogP contribution in [0.2, 0.25) is 0 Å². The third-order valence-electron chi connectivity index (χ3n) is 2.30. The molecule has 2 aromatic rings. The van der Waals surface area contributed by atoms with Gasteiger partial charge in [-0.25, -0.2) is 13.8 Å². The minimum atomic E-state index is -0.717. The van der Waals surface area contributed by atoms with Crippen molar-refractivity contribution in [3.63, 3.8) is 0 Å². The average Bonchev–Trinajstić information content (AvgIpc) is 2.26. The van der Waals surface area contributed by atoms with Gasteiger partial charge in [0.15, 0.2) is 0 Å². The quantitative estimate of drug-likeness (QED) is 0.922. The Hall–Kier alpha value is -2.24. The first-order chi connectivity index (χ1) is 9.06. The first kappa shape index (κ1) is 13.2. The molecule has 0 spiro atoms. The van der Waals surface area contributed by atoms with E-state index in [2.05, 4.69) is 9.97 Å². The highest BCUT2D eigenvalue weighted by atomic mass is 19.1. The van der Waals surface area contributed by atoms with Crippen LogP contribution in [0.15, 0.2) is 24.3 Å². The van der Waals surface area contributed by atoms with Crippen LogP contribution in [-0.4, -0.2) is 9.97 Å². The molecule has 0 aliphatic rings. The fourth-order valence-electron chi connectivity index (χ4n) is 1.59. The van der Waals surface area contributed by atoms with Gasteiger partial charge in [0.2, 0.25) is 5.88 Å². The third-order valence-corrected chi connectivity index (χ3v) is 2.30. The van der Waals surface area contributed by atoms with Gasteiger partial charge in [-0.15, -0.1) is 0 Å². The molecule has 1 aromatic heterocycles. The maximum absolute atomic E-state index is 13.0. The normalized spacial score (nSPS) is 10.5. The van der Waals surface area contributed by atoms with Crippen molar-refractivity contribution in [1.82, 2.24) is 9.97 Å². The molecular formula is C13H13F2N3O. The van der Waals surface area contributed by atoms with Gasteiger partial charge in [0, 0.05) is 30.7 Å². The second kappa shape index (κ2) is 5.60. The molecule has 0 radical (unpaired) electrons. The molecule has 0 saturated heterocycles. The van der Waals surface area contributed by atoms with E-state index in [-0.39, 0.29) is 17.4 Å². The minimum absolute atomic E-state index is 0.0260. The summed E-state index contributed by atoms with van der Waals surface area (Å²) < 4.78 is 31.4. The number of aryl methyl sites for hydroxylation is 1. The van der Waals surface area contributed by atoms with E-state index in [9.17, 15) is 8.78 Å². The Balaban J connectivity index is 2.27. The Morgan fingerprint density at radius 2 is 1.79 bits per heavy atom. The molecule has 0 aliphatic carbocycles.